The Labute approximate surface area is 97.9 Å². The average Bonchev–Trinajstić information content (AvgIpc) is 2.39. The third kappa shape index (κ3) is 2.50. The Morgan fingerprint density at radius 1 is 1.59 bits per heavy atom. The van der Waals surface area contributed by atoms with Gasteiger partial charge in [-0.25, -0.2) is 5.10 Å². The normalized spacial score (nSPS) is 19.7. The van der Waals surface area contributed by atoms with Crippen LogP contribution < -0.4 is 5.56 Å². The molecule has 1 unspecified atom stereocenters. The van der Waals surface area contributed by atoms with Gasteiger partial charge in [-0.05, 0) is 18.9 Å². The molecule has 2 heterocycles. The van der Waals surface area contributed by atoms with Crippen molar-refractivity contribution in [3.8, 4) is 6.07 Å². The van der Waals surface area contributed by atoms with E-state index in [9.17, 15) is 9.59 Å². The van der Waals surface area contributed by atoms with Crippen LogP contribution in [-0.2, 0) is 0 Å². The van der Waals surface area contributed by atoms with Gasteiger partial charge in [-0.3, -0.25) is 9.59 Å². The molecule has 6 heteroatoms. The van der Waals surface area contributed by atoms with Crippen molar-refractivity contribution in [1.82, 2.24) is 15.1 Å². The number of nitrogens with zero attached hydrogens (tertiary/aromatic N) is 3. The van der Waals surface area contributed by atoms with Crippen molar-refractivity contribution in [3.05, 3.63) is 28.2 Å². The van der Waals surface area contributed by atoms with Crippen LogP contribution in [0.5, 0.6) is 0 Å². The van der Waals surface area contributed by atoms with Gasteiger partial charge in [0.15, 0.2) is 0 Å². The van der Waals surface area contributed by atoms with E-state index in [1.165, 1.54) is 12.1 Å². The van der Waals surface area contributed by atoms with Gasteiger partial charge in [0.1, 0.15) is 5.69 Å². The van der Waals surface area contributed by atoms with Gasteiger partial charge in [-0.2, -0.15) is 10.4 Å². The summed E-state index contributed by atoms with van der Waals surface area (Å²) in [5.74, 6) is -0.336. The second kappa shape index (κ2) is 4.78. The number of piperidine rings is 1. The molecule has 1 atom stereocenters. The third-order valence-electron chi connectivity index (χ3n) is 2.79. The summed E-state index contributed by atoms with van der Waals surface area (Å²) < 4.78 is 0. The summed E-state index contributed by atoms with van der Waals surface area (Å²) in [5, 5.41) is 14.8. The molecule has 1 aromatic rings. The summed E-state index contributed by atoms with van der Waals surface area (Å²) in [7, 11) is 0. The summed E-state index contributed by atoms with van der Waals surface area (Å²) in [6.07, 6.45) is 1.66. The van der Waals surface area contributed by atoms with E-state index in [-0.39, 0.29) is 23.1 Å². The van der Waals surface area contributed by atoms with E-state index >= 15 is 0 Å². The molecule has 0 aromatic carbocycles. The molecule has 1 aliphatic rings. The highest BCUT2D eigenvalue weighted by molar-refractivity contribution is 5.92. The van der Waals surface area contributed by atoms with Gasteiger partial charge in [0, 0.05) is 19.2 Å². The summed E-state index contributed by atoms with van der Waals surface area (Å²) in [6, 6.07) is 4.85. The molecule has 17 heavy (non-hydrogen) atoms. The molecule has 1 aliphatic heterocycles. The largest absolute Gasteiger partial charge is 0.336 e. The minimum atomic E-state index is -0.338. The molecule has 2 rings (SSSR count). The fraction of sp³-hybridized carbons (Fsp3) is 0.455. The summed E-state index contributed by atoms with van der Waals surface area (Å²) in [5.41, 5.74) is -0.127. The van der Waals surface area contributed by atoms with Gasteiger partial charge >= 0.3 is 0 Å². The zero-order valence-corrected chi connectivity index (χ0v) is 9.22. The number of aromatic amines is 1. The van der Waals surface area contributed by atoms with Gasteiger partial charge in [0.25, 0.3) is 11.5 Å². The molecule has 1 saturated heterocycles. The quantitative estimate of drug-likeness (QED) is 0.746. The lowest BCUT2D eigenvalue weighted by Gasteiger charge is -2.29. The molecule has 1 fully saturated rings. The minimum Gasteiger partial charge on any atom is -0.336 e. The van der Waals surface area contributed by atoms with E-state index in [4.69, 9.17) is 5.26 Å². The number of H-pyrrole nitrogens is 1. The Bertz CT molecular complexity index is 496. The van der Waals surface area contributed by atoms with Crippen LogP contribution in [0, 0.1) is 17.2 Å². The van der Waals surface area contributed by atoms with Crippen molar-refractivity contribution in [1.29, 1.82) is 5.26 Å². The lowest BCUT2D eigenvalue weighted by atomic mass is 9.99. The number of nitrogens with one attached hydrogen (secondary N) is 1. The molecule has 0 bridgehead atoms. The molecule has 0 radical (unpaired) electrons. The average molecular weight is 232 g/mol. The molecule has 1 amide bonds. The first kappa shape index (κ1) is 11.3. The first-order valence-corrected chi connectivity index (χ1v) is 5.45. The van der Waals surface area contributed by atoms with Crippen molar-refractivity contribution in [2.24, 2.45) is 5.92 Å². The van der Waals surface area contributed by atoms with Gasteiger partial charge in [-0.15, -0.1) is 0 Å². The summed E-state index contributed by atoms with van der Waals surface area (Å²) in [6.45, 7) is 1.08. The number of aromatic nitrogens is 2. The van der Waals surface area contributed by atoms with Crippen molar-refractivity contribution in [2.45, 2.75) is 12.8 Å². The number of nitriles is 1. The fourth-order valence-corrected chi connectivity index (χ4v) is 1.89. The predicted molar refractivity (Wildman–Crippen MR) is 59.1 cm³/mol. The second-order valence-corrected chi connectivity index (χ2v) is 4.03. The van der Waals surface area contributed by atoms with Gasteiger partial charge in [0.2, 0.25) is 0 Å². The maximum absolute atomic E-state index is 12.0. The topological polar surface area (TPSA) is 89.9 Å². The Morgan fingerprint density at radius 3 is 3.06 bits per heavy atom. The zero-order valence-electron chi connectivity index (χ0n) is 9.22. The molecular weight excluding hydrogens is 220 g/mol. The third-order valence-corrected chi connectivity index (χ3v) is 2.79. The zero-order chi connectivity index (χ0) is 12.3. The van der Waals surface area contributed by atoms with Gasteiger partial charge < -0.3 is 4.90 Å². The number of rotatable bonds is 1. The van der Waals surface area contributed by atoms with Crippen LogP contribution in [0.2, 0.25) is 0 Å². The maximum Gasteiger partial charge on any atom is 0.274 e. The van der Waals surface area contributed by atoms with Gasteiger partial charge in [-0.1, -0.05) is 0 Å². The first-order valence-electron chi connectivity index (χ1n) is 5.45. The number of amides is 1. The van der Waals surface area contributed by atoms with Crippen LogP contribution in [0.3, 0.4) is 0 Å². The van der Waals surface area contributed by atoms with Crippen LogP contribution in [-0.4, -0.2) is 34.1 Å². The van der Waals surface area contributed by atoms with Crippen molar-refractivity contribution in [3.63, 3.8) is 0 Å². The predicted octanol–water partition coefficient (Wildman–Crippen LogP) is 0.146. The van der Waals surface area contributed by atoms with Crippen LogP contribution in [0.4, 0.5) is 0 Å². The Kier molecular flexibility index (Phi) is 3.19. The second-order valence-electron chi connectivity index (χ2n) is 4.03. The molecule has 1 N–H and O–H groups in total. The summed E-state index contributed by atoms with van der Waals surface area (Å²) in [4.78, 5) is 24.4. The molecule has 6 nitrogen and oxygen atoms in total. The van der Waals surface area contributed by atoms with E-state index in [0.717, 1.165) is 12.8 Å². The summed E-state index contributed by atoms with van der Waals surface area (Å²) >= 11 is 0. The molecular formula is C11H12N4O2. The SMILES string of the molecule is N#CC1CCCN(C(=O)c2ccc(=O)[nH]n2)C1. The van der Waals surface area contributed by atoms with Crippen molar-refractivity contribution >= 4 is 5.91 Å². The van der Waals surface area contributed by atoms with E-state index in [1.54, 1.807) is 4.90 Å². The van der Waals surface area contributed by atoms with Crippen LogP contribution in [0.25, 0.3) is 0 Å². The maximum atomic E-state index is 12.0. The van der Waals surface area contributed by atoms with E-state index < -0.39 is 0 Å². The Hall–Kier alpha value is -2.16. The van der Waals surface area contributed by atoms with Crippen molar-refractivity contribution in [2.75, 3.05) is 13.1 Å². The van der Waals surface area contributed by atoms with E-state index in [2.05, 4.69) is 16.3 Å². The highest BCUT2D eigenvalue weighted by Crippen LogP contribution is 2.16. The van der Waals surface area contributed by atoms with Gasteiger partial charge in [0.05, 0.1) is 12.0 Å². The lowest BCUT2D eigenvalue weighted by molar-refractivity contribution is 0.0691. The Morgan fingerprint density at radius 2 is 2.41 bits per heavy atom. The number of hydrogen-bond donors (Lipinski definition) is 1. The Balaban J connectivity index is 2.12. The highest BCUT2D eigenvalue weighted by Gasteiger charge is 2.24. The molecule has 0 aliphatic carbocycles. The minimum absolute atomic E-state index is 0.101. The fourth-order valence-electron chi connectivity index (χ4n) is 1.89. The van der Waals surface area contributed by atoms with E-state index in [0.29, 0.717) is 13.1 Å². The smallest absolute Gasteiger partial charge is 0.274 e. The first-order chi connectivity index (χ1) is 8.20. The lowest BCUT2D eigenvalue weighted by Crippen LogP contribution is -2.40. The standard InChI is InChI=1S/C11H12N4O2/c12-6-8-2-1-5-15(7-8)11(17)9-3-4-10(16)14-13-9/h3-4,8H,1-2,5,7H2,(H,14,16). The molecule has 0 saturated carbocycles. The monoisotopic (exact) mass is 232 g/mol. The van der Waals surface area contributed by atoms with Crippen molar-refractivity contribution < 1.29 is 4.79 Å². The van der Waals surface area contributed by atoms with Crippen LogP contribution in [0.15, 0.2) is 16.9 Å². The number of carbonyl (C=O) groups is 1. The van der Waals surface area contributed by atoms with E-state index in [1.807, 2.05) is 0 Å². The highest BCUT2D eigenvalue weighted by atomic mass is 16.2. The van der Waals surface area contributed by atoms with Crippen LogP contribution >= 0.6 is 0 Å². The molecule has 1 aromatic heterocycles. The number of carbonyl (C=O) groups excluding carboxylic acids is 1. The number of likely N-dealkylation sites (tertiary alicyclic amines) is 1. The number of hydrogen-bond acceptors (Lipinski definition) is 4. The molecule has 0 spiro atoms. The molecule has 88 valence electrons. The van der Waals surface area contributed by atoms with Crippen LogP contribution in [0.1, 0.15) is 23.3 Å².